The third-order valence-corrected chi connectivity index (χ3v) is 5.25. The molecule has 142 valence electrons. The van der Waals surface area contributed by atoms with Crippen LogP contribution in [-0.2, 0) is 23.1 Å². The monoisotopic (exact) mass is 361 g/mol. The normalized spacial score (nSPS) is 20.3. The molecule has 2 aromatic rings. The van der Waals surface area contributed by atoms with Crippen molar-refractivity contribution in [1.29, 1.82) is 0 Å². The molecule has 1 amide bonds. The van der Waals surface area contributed by atoms with Gasteiger partial charge in [0.25, 0.3) is 5.91 Å². The first-order valence-corrected chi connectivity index (χ1v) is 8.93. The SMILES string of the molecule is Cc1noc(C)c1CO[C@H]1CCOC[C@H]1NC(=O)c1cc(C)n(C)c1C. The van der Waals surface area contributed by atoms with Gasteiger partial charge in [-0.2, -0.15) is 0 Å². The van der Waals surface area contributed by atoms with Crippen LogP contribution in [0.1, 0.15) is 45.2 Å². The largest absolute Gasteiger partial charge is 0.379 e. The zero-order chi connectivity index (χ0) is 18.8. The highest BCUT2D eigenvalue weighted by Gasteiger charge is 2.29. The van der Waals surface area contributed by atoms with E-state index in [0.29, 0.717) is 25.4 Å². The van der Waals surface area contributed by atoms with Gasteiger partial charge in [0, 0.05) is 30.6 Å². The minimum Gasteiger partial charge on any atom is -0.379 e. The molecule has 0 bridgehead atoms. The summed E-state index contributed by atoms with van der Waals surface area (Å²) in [6.07, 6.45) is 0.632. The fraction of sp³-hybridized carbons (Fsp3) is 0.579. The average molecular weight is 361 g/mol. The number of hydrogen-bond donors (Lipinski definition) is 1. The van der Waals surface area contributed by atoms with E-state index in [1.54, 1.807) is 0 Å². The number of ether oxygens (including phenoxy) is 2. The lowest BCUT2D eigenvalue weighted by Gasteiger charge is -2.32. The standard InChI is InChI=1S/C19H27N3O4/c1-11-8-15(13(3)22(11)5)19(23)20-17-10-24-7-6-18(17)25-9-16-12(2)21-26-14(16)4/h8,17-18H,6-7,9-10H2,1-5H3,(H,20,23)/t17-,18+/m1/s1. The van der Waals surface area contributed by atoms with Crippen LogP contribution >= 0.6 is 0 Å². The van der Waals surface area contributed by atoms with E-state index in [0.717, 1.165) is 34.8 Å². The van der Waals surface area contributed by atoms with Crippen LogP contribution in [0.3, 0.4) is 0 Å². The van der Waals surface area contributed by atoms with Crippen molar-refractivity contribution in [2.75, 3.05) is 13.2 Å². The summed E-state index contributed by atoms with van der Waals surface area (Å²) in [7, 11) is 1.96. The molecule has 1 aliphatic heterocycles. The summed E-state index contributed by atoms with van der Waals surface area (Å²) in [5.74, 6) is 0.679. The third-order valence-electron chi connectivity index (χ3n) is 5.25. The van der Waals surface area contributed by atoms with Crippen LogP contribution in [0.4, 0.5) is 0 Å². The number of aromatic nitrogens is 2. The van der Waals surface area contributed by atoms with Gasteiger partial charge >= 0.3 is 0 Å². The fourth-order valence-corrected chi connectivity index (χ4v) is 3.28. The molecule has 1 N–H and O–H groups in total. The van der Waals surface area contributed by atoms with Crippen LogP contribution in [0, 0.1) is 27.7 Å². The van der Waals surface area contributed by atoms with Gasteiger partial charge in [0.1, 0.15) is 5.76 Å². The van der Waals surface area contributed by atoms with Crippen LogP contribution in [-0.4, -0.2) is 41.0 Å². The number of nitrogens with zero attached hydrogens (tertiary/aromatic N) is 2. The van der Waals surface area contributed by atoms with Crippen LogP contribution in [0.25, 0.3) is 0 Å². The first-order valence-electron chi connectivity index (χ1n) is 8.93. The quantitative estimate of drug-likeness (QED) is 0.884. The number of rotatable bonds is 5. The van der Waals surface area contributed by atoms with E-state index >= 15 is 0 Å². The van der Waals surface area contributed by atoms with Gasteiger partial charge in [0.2, 0.25) is 0 Å². The maximum atomic E-state index is 12.7. The van der Waals surface area contributed by atoms with Gasteiger partial charge in [-0.3, -0.25) is 4.79 Å². The van der Waals surface area contributed by atoms with E-state index in [4.69, 9.17) is 14.0 Å². The van der Waals surface area contributed by atoms with Gasteiger partial charge in [0.05, 0.1) is 36.6 Å². The first-order chi connectivity index (χ1) is 12.4. The van der Waals surface area contributed by atoms with Gasteiger partial charge in [-0.25, -0.2) is 0 Å². The lowest BCUT2D eigenvalue weighted by molar-refractivity contribution is -0.0608. The van der Waals surface area contributed by atoms with Crippen molar-refractivity contribution in [3.8, 4) is 0 Å². The molecule has 0 spiro atoms. The van der Waals surface area contributed by atoms with Crippen LogP contribution < -0.4 is 5.32 Å². The number of carbonyl (C=O) groups is 1. The smallest absolute Gasteiger partial charge is 0.253 e. The second kappa shape index (κ2) is 7.63. The summed E-state index contributed by atoms with van der Waals surface area (Å²) in [6, 6.07) is 1.73. The van der Waals surface area contributed by atoms with Gasteiger partial charge < -0.3 is 23.9 Å². The Hall–Kier alpha value is -2.12. The number of amides is 1. The molecule has 7 heteroatoms. The van der Waals surface area contributed by atoms with E-state index in [9.17, 15) is 4.79 Å². The van der Waals surface area contributed by atoms with Crippen LogP contribution in [0.5, 0.6) is 0 Å². The summed E-state index contributed by atoms with van der Waals surface area (Å²) in [6.45, 7) is 9.21. The van der Waals surface area contributed by atoms with E-state index < -0.39 is 0 Å². The number of aryl methyl sites for hydroxylation is 3. The zero-order valence-electron chi connectivity index (χ0n) is 16.1. The Morgan fingerprint density at radius 2 is 2.15 bits per heavy atom. The molecular weight excluding hydrogens is 334 g/mol. The van der Waals surface area contributed by atoms with Gasteiger partial charge in [-0.05, 0) is 40.2 Å². The Labute approximate surface area is 153 Å². The maximum Gasteiger partial charge on any atom is 0.253 e. The lowest BCUT2D eigenvalue weighted by atomic mass is 10.1. The second-order valence-electron chi connectivity index (χ2n) is 6.94. The Bertz CT molecular complexity index is 774. The van der Waals surface area contributed by atoms with Crippen LogP contribution in [0.2, 0.25) is 0 Å². The molecule has 2 atom stereocenters. The highest BCUT2D eigenvalue weighted by molar-refractivity contribution is 5.95. The molecule has 0 radical (unpaired) electrons. The van der Waals surface area contributed by atoms with Crippen molar-refractivity contribution in [2.45, 2.75) is 52.9 Å². The molecule has 7 nitrogen and oxygen atoms in total. The van der Waals surface area contributed by atoms with Crippen molar-refractivity contribution in [1.82, 2.24) is 15.0 Å². The minimum absolute atomic E-state index is 0.0901. The highest BCUT2D eigenvalue weighted by atomic mass is 16.5. The van der Waals surface area contributed by atoms with Gasteiger partial charge in [-0.15, -0.1) is 0 Å². The summed E-state index contributed by atoms with van der Waals surface area (Å²) >= 11 is 0. The fourth-order valence-electron chi connectivity index (χ4n) is 3.28. The van der Waals surface area contributed by atoms with Crippen molar-refractivity contribution in [3.05, 3.63) is 40.0 Å². The first kappa shape index (κ1) is 18.7. The predicted octanol–water partition coefficient (Wildman–Crippen LogP) is 2.35. The topological polar surface area (TPSA) is 78.5 Å². The molecule has 1 fully saturated rings. The number of nitrogens with one attached hydrogen (secondary N) is 1. The summed E-state index contributed by atoms with van der Waals surface area (Å²) in [4.78, 5) is 12.7. The van der Waals surface area contributed by atoms with Crippen molar-refractivity contribution >= 4 is 5.91 Å². The molecule has 0 unspecified atom stereocenters. The van der Waals surface area contributed by atoms with E-state index in [1.807, 2.05) is 45.4 Å². The number of hydrogen-bond acceptors (Lipinski definition) is 5. The Morgan fingerprint density at radius 1 is 1.38 bits per heavy atom. The van der Waals surface area contributed by atoms with E-state index in [1.165, 1.54) is 0 Å². The van der Waals surface area contributed by atoms with Gasteiger partial charge in [0.15, 0.2) is 0 Å². The van der Waals surface area contributed by atoms with Crippen molar-refractivity contribution in [2.24, 2.45) is 7.05 Å². The molecule has 26 heavy (non-hydrogen) atoms. The molecule has 2 aromatic heterocycles. The molecule has 1 aliphatic rings. The predicted molar refractivity (Wildman–Crippen MR) is 96.1 cm³/mol. The average Bonchev–Trinajstić information content (AvgIpc) is 3.08. The Morgan fingerprint density at radius 3 is 2.77 bits per heavy atom. The zero-order valence-corrected chi connectivity index (χ0v) is 16.1. The molecule has 0 aliphatic carbocycles. The lowest BCUT2D eigenvalue weighted by Crippen LogP contribution is -2.50. The second-order valence-corrected chi connectivity index (χ2v) is 6.94. The summed E-state index contributed by atoms with van der Waals surface area (Å²) in [5.41, 5.74) is 4.50. The third kappa shape index (κ3) is 3.68. The summed E-state index contributed by atoms with van der Waals surface area (Å²) in [5, 5.41) is 7.04. The van der Waals surface area contributed by atoms with Crippen LogP contribution in [0.15, 0.2) is 10.6 Å². The van der Waals surface area contributed by atoms with Crippen molar-refractivity contribution in [3.63, 3.8) is 0 Å². The molecule has 0 aromatic carbocycles. The van der Waals surface area contributed by atoms with E-state index in [2.05, 4.69) is 10.5 Å². The maximum absolute atomic E-state index is 12.7. The van der Waals surface area contributed by atoms with E-state index in [-0.39, 0.29) is 18.1 Å². The molecule has 1 saturated heterocycles. The molecule has 3 heterocycles. The Kier molecular flexibility index (Phi) is 5.48. The molecular formula is C19H27N3O4. The molecule has 0 saturated carbocycles. The molecule has 3 rings (SSSR count). The van der Waals surface area contributed by atoms with Crippen molar-refractivity contribution < 1.29 is 18.8 Å². The summed E-state index contributed by atoms with van der Waals surface area (Å²) < 4.78 is 18.9. The number of carbonyl (C=O) groups excluding carboxylic acids is 1. The minimum atomic E-state index is -0.184. The highest BCUT2D eigenvalue weighted by Crippen LogP contribution is 2.19. The Balaban J connectivity index is 1.67. The van der Waals surface area contributed by atoms with Gasteiger partial charge in [-0.1, -0.05) is 5.16 Å².